The summed E-state index contributed by atoms with van der Waals surface area (Å²) in [6, 6.07) is 17.1. The number of nitrogens with one attached hydrogen (secondary N) is 1. The van der Waals surface area contributed by atoms with Gasteiger partial charge in [0, 0.05) is 43.3 Å². The molecule has 0 fully saturated rings. The molecule has 0 unspecified atom stereocenters. The first kappa shape index (κ1) is 22.9. The Morgan fingerprint density at radius 1 is 1.16 bits per heavy atom. The van der Waals surface area contributed by atoms with E-state index in [4.69, 9.17) is 4.74 Å². The Morgan fingerprint density at radius 3 is 2.52 bits per heavy atom. The fraction of sp³-hybridized carbons (Fsp3) is 0.167. The van der Waals surface area contributed by atoms with Gasteiger partial charge in [-0.15, -0.1) is 0 Å². The van der Waals surface area contributed by atoms with Gasteiger partial charge in [0.15, 0.2) is 0 Å². The highest BCUT2D eigenvalue weighted by molar-refractivity contribution is 9.10. The van der Waals surface area contributed by atoms with Gasteiger partial charge in [-0.3, -0.25) is 4.79 Å². The minimum atomic E-state index is -0.475. The van der Waals surface area contributed by atoms with Crippen LogP contribution >= 0.6 is 31.9 Å². The SMILES string of the molecule is CCOc1cccc(NC(=O)/C(C#N)=C\c2c(Br)c(C)n(-c3ccc(Br)cc3)c2C)c1. The predicted molar refractivity (Wildman–Crippen MR) is 130 cm³/mol. The molecule has 0 aliphatic rings. The summed E-state index contributed by atoms with van der Waals surface area (Å²) in [6.07, 6.45) is 1.61. The van der Waals surface area contributed by atoms with Gasteiger partial charge in [-0.25, -0.2) is 0 Å². The van der Waals surface area contributed by atoms with E-state index in [1.807, 2.05) is 57.2 Å². The quantitative estimate of drug-likeness (QED) is 0.283. The smallest absolute Gasteiger partial charge is 0.266 e. The van der Waals surface area contributed by atoms with E-state index in [0.29, 0.717) is 18.0 Å². The van der Waals surface area contributed by atoms with Crippen LogP contribution in [0, 0.1) is 25.2 Å². The molecular weight excluding hydrogens is 522 g/mol. The van der Waals surface area contributed by atoms with Crippen LogP contribution in [0.25, 0.3) is 11.8 Å². The molecule has 1 heterocycles. The maximum absolute atomic E-state index is 12.8. The molecule has 0 radical (unpaired) electrons. The first-order chi connectivity index (χ1) is 14.8. The molecule has 1 N–H and O–H groups in total. The molecule has 0 aliphatic heterocycles. The monoisotopic (exact) mass is 541 g/mol. The first-order valence-electron chi connectivity index (χ1n) is 9.65. The molecule has 1 aromatic heterocycles. The first-order valence-corrected chi connectivity index (χ1v) is 11.2. The van der Waals surface area contributed by atoms with Crippen LogP contribution in [0.4, 0.5) is 5.69 Å². The molecule has 5 nitrogen and oxygen atoms in total. The average molecular weight is 543 g/mol. The van der Waals surface area contributed by atoms with E-state index in [9.17, 15) is 10.1 Å². The highest BCUT2D eigenvalue weighted by atomic mass is 79.9. The number of nitriles is 1. The molecule has 31 heavy (non-hydrogen) atoms. The van der Waals surface area contributed by atoms with Gasteiger partial charge in [0.1, 0.15) is 17.4 Å². The number of hydrogen-bond acceptors (Lipinski definition) is 3. The van der Waals surface area contributed by atoms with Crippen molar-refractivity contribution in [2.45, 2.75) is 20.8 Å². The Morgan fingerprint density at radius 2 is 1.87 bits per heavy atom. The molecule has 7 heteroatoms. The number of anilines is 1. The summed E-state index contributed by atoms with van der Waals surface area (Å²) in [6.45, 7) is 6.37. The Bertz CT molecular complexity index is 1190. The van der Waals surface area contributed by atoms with Crippen LogP contribution < -0.4 is 10.1 Å². The van der Waals surface area contributed by atoms with E-state index in [2.05, 4.69) is 41.7 Å². The van der Waals surface area contributed by atoms with Gasteiger partial charge in [-0.05, 0) is 79.2 Å². The molecule has 158 valence electrons. The summed E-state index contributed by atoms with van der Waals surface area (Å²) in [7, 11) is 0. The zero-order valence-corrected chi connectivity index (χ0v) is 20.5. The third kappa shape index (κ3) is 5.09. The second kappa shape index (κ2) is 9.99. The topological polar surface area (TPSA) is 67.0 Å². The number of aromatic nitrogens is 1. The summed E-state index contributed by atoms with van der Waals surface area (Å²) < 4.78 is 9.38. The molecule has 0 aliphatic carbocycles. The molecule has 0 saturated carbocycles. The van der Waals surface area contributed by atoms with Gasteiger partial charge in [-0.1, -0.05) is 22.0 Å². The summed E-state index contributed by atoms with van der Waals surface area (Å²) in [5.74, 6) is 0.181. The normalized spacial score (nSPS) is 11.2. The van der Waals surface area contributed by atoms with Crippen LogP contribution in [0.1, 0.15) is 23.9 Å². The molecule has 0 bridgehead atoms. The second-order valence-corrected chi connectivity index (χ2v) is 8.50. The lowest BCUT2D eigenvalue weighted by Gasteiger charge is -2.10. The molecule has 0 spiro atoms. The van der Waals surface area contributed by atoms with Crippen LogP contribution in [0.3, 0.4) is 0 Å². The standard InChI is InChI=1S/C24H21Br2N3O2/c1-4-31-21-7-5-6-19(13-21)28-24(30)17(14-27)12-22-15(2)29(16(3)23(22)26)20-10-8-18(25)9-11-20/h5-13H,4H2,1-3H3,(H,28,30)/b17-12-. The number of halogens is 2. The van der Waals surface area contributed by atoms with Crippen LogP contribution in [0.15, 0.2) is 63.0 Å². The van der Waals surface area contributed by atoms with Crippen molar-refractivity contribution in [1.29, 1.82) is 5.26 Å². The van der Waals surface area contributed by atoms with Gasteiger partial charge >= 0.3 is 0 Å². The van der Waals surface area contributed by atoms with Crippen LogP contribution in [0.2, 0.25) is 0 Å². The zero-order chi connectivity index (χ0) is 22.5. The maximum atomic E-state index is 12.8. The minimum absolute atomic E-state index is 0.0126. The van der Waals surface area contributed by atoms with E-state index in [1.165, 1.54) is 0 Å². The number of rotatable bonds is 6. The third-order valence-electron chi connectivity index (χ3n) is 4.76. The van der Waals surface area contributed by atoms with Crippen molar-refractivity contribution in [3.63, 3.8) is 0 Å². The Labute approximate surface area is 198 Å². The number of carbonyl (C=O) groups is 1. The van der Waals surface area contributed by atoms with Crippen LogP contribution in [-0.2, 0) is 4.79 Å². The molecule has 3 aromatic rings. The minimum Gasteiger partial charge on any atom is -0.494 e. The van der Waals surface area contributed by atoms with Crippen LogP contribution in [0.5, 0.6) is 5.75 Å². The molecular formula is C24H21Br2N3O2. The van der Waals surface area contributed by atoms with Gasteiger partial charge < -0.3 is 14.6 Å². The lowest BCUT2D eigenvalue weighted by atomic mass is 10.1. The number of carbonyl (C=O) groups excluding carboxylic acids is 1. The fourth-order valence-electron chi connectivity index (χ4n) is 3.29. The third-order valence-corrected chi connectivity index (χ3v) is 6.29. The lowest BCUT2D eigenvalue weighted by molar-refractivity contribution is -0.112. The van der Waals surface area contributed by atoms with Gasteiger partial charge in [0.05, 0.1) is 6.61 Å². The molecule has 1 amide bonds. The van der Waals surface area contributed by atoms with Gasteiger partial charge in [0.2, 0.25) is 0 Å². The molecule has 0 atom stereocenters. The van der Waals surface area contributed by atoms with Crippen molar-refractivity contribution in [3.05, 3.63) is 80.0 Å². The molecule has 2 aromatic carbocycles. The summed E-state index contributed by atoms with van der Waals surface area (Å²) >= 11 is 7.09. The number of ether oxygens (including phenoxy) is 1. The second-order valence-electron chi connectivity index (χ2n) is 6.80. The molecule has 3 rings (SSSR count). The van der Waals surface area contributed by atoms with Crippen molar-refractivity contribution >= 4 is 49.5 Å². The van der Waals surface area contributed by atoms with Crippen molar-refractivity contribution in [2.75, 3.05) is 11.9 Å². The van der Waals surface area contributed by atoms with Gasteiger partial charge in [0.25, 0.3) is 5.91 Å². The number of benzene rings is 2. The number of hydrogen-bond donors (Lipinski definition) is 1. The largest absolute Gasteiger partial charge is 0.494 e. The van der Waals surface area contributed by atoms with Crippen molar-refractivity contribution < 1.29 is 9.53 Å². The van der Waals surface area contributed by atoms with Crippen molar-refractivity contribution in [1.82, 2.24) is 4.57 Å². The number of nitrogens with zero attached hydrogens (tertiary/aromatic N) is 2. The van der Waals surface area contributed by atoms with Crippen molar-refractivity contribution in [3.8, 4) is 17.5 Å². The van der Waals surface area contributed by atoms with Gasteiger partial charge in [-0.2, -0.15) is 5.26 Å². The Kier molecular flexibility index (Phi) is 7.37. The van der Waals surface area contributed by atoms with E-state index >= 15 is 0 Å². The van der Waals surface area contributed by atoms with E-state index in [1.54, 1.807) is 24.3 Å². The van der Waals surface area contributed by atoms with E-state index in [0.717, 1.165) is 31.6 Å². The summed E-state index contributed by atoms with van der Waals surface area (Å²) in [5, 5.41) is 12.4. The van der Waals surface area contributed by atoms with E-state index < -0.39 is 5.91 Å². The summed E-state index contributed by atoms with van der Waals surface area (Å²) in [5.41, 5.74) is 4.26. The lowest BCUT2D eigenvalue weighted by Crippen LogP contribution is -2.13. The predicted octanol–water partition coefficient (Wildman–Crippen LogP) is 6.56. The highest BCUT2D eigenvalue weighted by Gasteiger charge is 2.18. The molecule has 0 saturated heterocycles. The Balaban J connectivity index is 1.95. The highest BCUT2D eigenvalue weighted by Crippen LogP contribution is 2.32. The average Bonchev–Trinajstić information content (AvgIpc) is 2.96. The Hall–Kier alpha value is -2.82. The maximum Gasteiger partial charge on any atom is 0.266 e. The fourth-order valence-corrected chi connectivity index (χ4v) is 4.13. The van der Waals surface area contributed by atoms with E-state index in [-0.39, 0.29) is 5.57 Å². The zero-order valence-electron chi connectivity index (χ0n) is 17.4. The number of amides is 1. The van der Waals surface area contributed by atoms with Crippen molar-refractivity contribution in [2.24, 2.45) is 0 Å². The van der Waals surface area contributed by atoms with Crippen LogP contribution in [-0.4, -0.2) is 17.1 Å². The summed E-state index contributed by atoms with van der Waals surface area (Å²) in [4.78, 5) is 12.8.